The van der Waals surface area contributed by atoms with Gasteiger partial charge in [-0.1, -0.05) is 34.1 Å². The molecule has 0 aromatic heterocycles. The van der Waals surface area contributed by atoms with E-state index < -0.39 is 5.97 Å². The topological polar surface area (TPSA) is 81.4 Å². The molecule has 0 saturated heterocycles. The molecule has 0 aliphatic rings. The zero-order valence-corrected chi connectivity index (χ0v) is 13.5. The van der Waals surface area contributed by atoms with Crippen LogP contribution in [0.25, 0.3) is 0 Å². The van der Waals surface area contributed by atoms with E-state index in [9.17, 15) is 9.59 Å². The summed E-state index contributed by atoms with van der Waals surface area (Å²) >= 11 is 3.40. The lowest BCUT2D eigenvalue weighted by Crippen LogP contribution is -2.16. The summed E-state index contributed by atoms with van der Waals surface area (Å²) in [5.74, 6) is -0.707. The van der Waals surface area contributed by atoms with Gasteiger partial charge in [-0.2, -0.15) is 0 Å². The normalized spacial score (nSPS) is 10.1. The number of nitrogens with two attached hydrogens (primary N) is 1. The number of nitrogen functional groups attached to an aromatic ring is 1. The second-order valence-corrected chi connectivity index (χ2v) is 5.46. The lowest BCUT2D eigenvalue weighted by Gasteiger charge is -2.10. The Bertz CT molecular complexity index is 716. The number of methoxy groups -OCH3 is 1. The van der Waals surface area contributed by atoms with Crippen molar-refractivity contribution in [2.75, 3.05) is 18.2 Å². The highest BCUT2D eigenvalue weighted by molar-refractivity contribution is 9.10. The molecule has 5 nitrogen and oxygen atoms in total. The SMILES string of the molecule is COC(=O)c1ccc(N)c(NC(=O)Cc2ccccc2Br)c1. The monoisotopic (exact) mass is 362 g/mol. The number of anilines is 2. The molecule has 3 N–H and O–H groups in total. The van der Waals surface area contributed by atoms with Crippen molar-refractivity contribution in [3.63, 3.8) is 0 Å². The summed E-state index contributed by atoms with van der Waals surface area (Å²) in [7, 11) is 1.30. The first-order chi connectivity index (χ1) is 10.5. The van der Waals surface area contributed by atoms with Crippen LogP contribution in [0.5, 0.6) is 0 Å². The molecular formula is C16H15BrN2O3. The van der Waals surface area contributed by atoms with E-state index in [1.54, 1.807) is 12.1 Å². The Hall–Kier alpha value is -2.34. The van der Waals surface area contributed by atoms with Gasteiger partial charge in [-0.15, -0.1) is 0 Å². The van der Waals surface area contributed by atoms with Crippen LogP contribution in [0.15, 0.2) is 46.9 Å². The number of amides is 1. The predicted molar refractivity (Wildman–Crippen MR) is 88.7 cm³/mol. The number of carbonyl (C=O) groups is 2. The minimum absolute atomic E-state index is 0.198. The van der Waals surface area contributed by atoms with Gasteiger partial charge < -0.3 is 15.8 Å². The van der Waals surface area contributed by atoms with Gasteiger partial charge in [0, 0.05) is 4.47 Å². The van der Waals surface area contributed by atoms with Gasteiger partial charge in [-0.05, 0) is 29.8 Å². The molecule has 2 rings (SSSR count). The number of rotatable bonds is 4. The van der Waals surface area contributed by atoms with Crippen molar-refractivity contribution in [1.82, 2.24) is 0 Å². The van der Waals surface area contributed by atoms with E-state index in [4.69, 9.17) is 5.73 Å². The van der Waals surface area contributed by atoms with E-state index >= 15 is 0 Å². The Balaban J connectivity index is 2.14. The first-order valence-electron chi connectivity index (χ1n) is 6.52. The minimum atomic E-state index is -0.485. The summed E-state index contributed by atoms with van der Waals surface area (Å²) in [6.07, 6.45) is 0.198. The van der Waals surface area contributed by atoms with Crippen LogP contribution in [0.4, 0.5) is 11.4 Å². The van der Waals surface area contributed by atoms with Gasteiger partial charge in [-0.25, -0.2) is 4.79 Å². The van der Waals surface area contributed by atoms with Crippen molar-refractivity contribution in [2.45, 2.75) is 6.42 Å². The van der Waals surface area contributed by atoms with Gasteiger partial charge >= 0.3 is 5.97 Å². The number of hydrogen-bond acceptors (Lipinski definition) is 4. The fraction of sp³-hybridized carbons (Fsp3) is 0.125. The Kier molecular flexibility index (Phi) is 5.16. The average Bonchev–Trinajstić information content (AvgIpc) is 2.51. The lowest BCUT2D eigenvalue weighted by molar-refractivity contribution is -0.115. The highest BCUT2D eigenvalue weighted by atomic mass is 79.9. The van der Waals surface area contributed by atoms with Crippen molar-refractivity contribution in [2.24, 2.45) is 0 Å². The van der Waals surface area contributed by atoms with E-state index in [0.29, 0.717) is 16.9 Å². The van der Waals surface area contributed by atoms with E-state index in [2.05, 4.69) is 26.0 Å². The number of esters is 1. The van der Waals surface area contributed by atoms with Crippen LogP contribution >= 0.6 is 15.9 Å². The van der Waals surface area contributed by atoms with Crippen LogP contribution < -0.4 is 11.1 Å². The third-order valence-electron chi connectivity index (χ3n) is 3.06. The molecule has 6 heteroatoms. The van der Waals surface area contributed by atoms with Crippen molar-refractivity contribution in [3.05, 3.63) is 58.1 Å². The van der Waals surface area contributed by atoms with E-state index in [1.165, 1.54) is 13.2 Å². The fourth-order valence-corrected chi connectivity index (χ4v) is 2.34. The first kappa shape index (κ1) is 16.0. The molecule has 1 amide bonds. The molecule has 2 aromatic carbocycles. The van der Waals surface area contributed by atoms with Gasteiger partial charge in [0.15, 0.2) is 0 Å². The molecular weight excluding hydrogens is 348 g/mol. The second-order valence-electron chi connectivity index (χ2n) is 4.61. The summed E-state index contributed by atoms with van der Waals surface area (Å²) in [6.45, 7) is 0. The Morgan fingerprint density at radius 1 is 1.23 bits per heavy atom. The maximum Gasteiger partial charge on any atom is 0.337 e. The standard InChI is InChI=1S/C16H15BrN2O3/c1-22-16(21)11-6-7-13(18)14(8-11)19-15(20)9-10-4-2-3-5-12(10)17/h2-8H,9,18H2,1H3,(H,19,20). The molecule has 0 atom stereocenters. The number of carbonyl (C=O) groups excluding carboxylic acids is 2. The van der Waals surface area contributed by atoms with Gasteiger partial charge in [0.1, 0.15) is 0 Å². The Morgan fingerprint density at radius 3 is 2.64 bits per heavy atom. The largest absolute Gasteiger partial charge is 0.465 e. The van der Waals surface area contributed by atoms with E-state index in [0.717, 1.165) is 10.0 Å². The second kappa shape index (κ2) is 7.09. The van der Waals surface area contributed by atoms with E-state index in [-0.39, 0.29) is 12.3 Å². The van der Waals surface area contributed by atoms with Gasteiger partial charge in [-0.3, -0.25) is 4.79 Å². The lowest BCUT2D eigenvalue weighted by atomic mass is 10.1. The van der Waals surface area contributed by atoms with Crippen molar-refractivity contribution in [1.29, 1.82) is 0 Å². The molecule has 0 radical (unpaired) electrons. The van der Waals surface area contributed by atoms with Crippen molar-refractivity contribution >= 4 is 39.2 Å². The molecule has 0 unspecified atom stereocenters. The Labute approximate surface area is 136 Å². The molecule has 0 aliphatic heterocycles. The smallest absolute Gasteiger partial charge is 0.337 e. The summed E-state index contributed by atoms with van der Waals surface area (Å²) in [5, 5.41) is 2.71. The number of ether oxygens (including phenoxy) is 1. The third-order valence-corrected chi connectivity index (χ3v) is 3.83. The number of nitrogens with one attached hydrogen (secondary N) is 1. The summed E-state index contributed by atoms with van der Waals surface area (Å²) in [5.41, 5.74) is 7.79. The van der Waals surface area contributed by atoms with Gasteiger partial charge in [0.25, 0.3) is 0 Å². The minimum Gasteiger partial charge on any atom is -0.465 e. The first-order valence-corrected chi connectivity index (χ1v) is 7.31. The van der Waals surface area contributed by atoms with Crippen LogP contribution in [0.1, 0.15) is 15.9 Å². The van der Waals surface area contributed by atoms with Gasteiger partial charge in [0.2, 0.25) is 5.91 Å². The van der Waals surface area contributed by atoms with Crippen LogP contribution in [-0.2, 0) is 16.0 Å². The summed E-state index contributed by atoms with van der Waals surface area (Å²) < 4.78 is 5.51. The number of halogens is 1. The summed E-state index contributed by atoms with van der Waals surface area (Å²) in [6, 6.07) is 12.1. The molecule has 0 fully saturated rings. The Morgan fingerprint density at radius 2 is 1.95 bits per heavy atom. The highest BCUT2D eigenvalue weighted by Crippen LogP contribution is 2.22. The van der Waals surface area contributed by atoms with Crippen LogP contribution in [0.3, 0.4) is 0 Å². The molecule has 114 valence electrons. The number of benzene rings is 2. The van der Waals surface area contributed by atoms with Crippen LogP contribution in [0.2, 0.25) is 0 Å². The predicted octanol–water partition coefficient (Wildman–Crippen LogP) is 3.00. The third kappa shape index (κ3) is 3.85. The zero-order chi connectivity index (χ0) is 16.1. The van der Waals surface area contributed by atoms with Crippen LogP contribution in [0, 0.1) is 0 Å². The molecule has 0 saturated carbocycles. The quantitative estimate of drug-likeness (QED) is 0.646. The van der Waals surface area contributed by atoms with Crippen LogP contribution in [-0.4, -0.2) is 19.0 Å². The highest BCUT2D eigenvalue weighted by Gasteiger charge is 2.12. The molecule has 2 aromatic rings. The number of hydrogen-bond donors (Lipinski definition) is 2. The maximum absolute atomic E-state index is 12.1. The zero-order valence-electron chi connectivity index (χ0n) is 11.9. The molecule has 22 heavy (non-hydrogen) atoms. The van der Waals surface area contributed by atoms with E-state index in [1.807, 2.05) is 24.3 Å². The molecule has 0 spiro atoms. The van der Waals surface area contributed by atoms with Crippen molar-refractivity contribution < 1.29 is 14.3 Å². The van der Waals surface area contributed by atoms with Gasteiger partial charge in [0.05, 0.1) is 30.5 Å². The maximum atomic E-state index is 12.1. The average molecular weight is 363 g/mol. The molecule has 0 bridgehead atoms. The molecule has 0 heterocycles. The molecule has 0 aliphatic carbocycles. The fourth-order valence-electron chi connectivity index (χ4n) is 1.92. The summed E-state index contributed by atoms with van der Waals surface area (Å²) in [4.78, 5) is 23.6. The van der Waals surface area contributed by atoms with Crippen molar-refractivity contribution in [3.8, 4) is 0 Å².